The molecule has 0 radical (unpaired) electrons. The van der Waals surface area contributed by atoms with Crippen molar-refractivity contribution in [2.45, 2.75) is 20.8 Å². The van der Waals surface area contributed by atoms with Crippen molar-refractivity contribution in [2.24, 2.45) is 5.92 Å². The molecule has 2 aromatic heterocycles. The molecule has 8 nitrogen and oxygen atoms in total. The molecule has 2 heterocycles. The minimum absolute atomic E-state index is 0.283. The van der Waals surface area contributed by atoms with Crippen LogP contribution in [-0.4, -0.2) is 42.9 Å². The predicted octanol–water partition coefficient (Wildman–Crippen LogP) is 0.919. The minimum Gasteiger partial charge on any atom is -0.463 e. The molecular weight excluding hydrogens is 246 g/mol. The summed E-state index contributed by atoms with van der Waals surface area (Å²) in [6, 6.07) is 0.283. The smallest absolute Gasteiger partial charge is 0.323 e. The van der Waals surface area contributed by atoms with Crippen LogP contribution in [-0.2, 0) is 0 Å². The molecule has 8 heteroatoms. The first-order valence-corrected chi connectivity index (χ1v) is 6.16. The SMILES string of the molecule is CCNc1nc(OCC(C)C)nc(-n2cncn2)n1. The Balaban J connectivity index is 2.27. The van der Waals surface area contributed by atoms with E-state index in [1.807, 2.05) is 6.92 Å². The zero-order valence-corrected chi connectivity index (χ0v) is 11.2. The maximum atomic E-state index is 5.53. The summed E-state index contributed by atoms with van der Waals surface area (Å²) in [5.41, 5.74) is 0. The topological polar surface area (TPSA) is 90.6 Å². The van der Waals surface area contributed by atoms with Crippen LogP contribution in [0, 0.1) is 5.92 Å². The maximum Gasteiger partial charge on any atom is 0.323 e. The van der Waals surface area contributed by atoms with Gasteiger partial charge in [0.2, 0.25) is 5.95 Å². The highest BCUT2D eigenvalue weighted by molar-refractivity contribution is 5.29. The first-order chi connectivity index (χ1) is 9.19. The molecule has 0 aliphatic carbocycles. The van der Waals surface area contributed by atoms with Gasteiger partial charge in [-0.3, -0.25) is 0 Å². The van der Waals surface area contributed by atoms with Crippen molar-refractivity contribution in [3.8, 4) is 12.0 Å². The van der Waals surface area contributed by atoms with Crippen LogP contribution in [0.1, 0.15) is 20.8 Å². The van der Waals surface area contributed by atoms with Gasteiger partial charge in [0.15, 0.2) is 0 Å². The Bertz CT molecular complexity index is 512. The van der Waals surface area contributed by atoms with E-state index >= 15 is 0 Å². The average Bonchev–Trinajstić information content (AvgIpc) is 2.90. The second-order valence-electron chi connectivity index (χ2n) is 4.32. The third kappa shape index (κ3) is 3.60. The van der Waals surface area contributed by atoms with Crippen molar-refractivity contribution in [1.82, 2.24) is 29.7 Å². The molecular formula is C11H17N7O. The Labute approximate surface area is 111 Å². The molecule has 102 valence electrons. The van der Waals surface area contributed by atoms with Crippen LogP contribution in [0.2, 0.25) is 0 Å². The fraction of sp³-hybridized carbons (Fsp3) is 0.545. The zero-order chi connectivity index (χ0) is 13.7. The number of hydrogen-bond acceptors (Lipinski definition) is 7. The maximum absolute atomic E-state index is 5.53. The molecule has 0 aliphatic rings. The van der Waals surface area contributed by atoms with Gasteiger partial charge in [0.1, 0.15) is 12.7 Å². The van der Waals surface area contributed by atoms with Crippen LogP contribution in [0.4, 0.5) is 5.95 Å². The quantitative estimate of drug-likeness (QED) is 0.828. The second-order valence-corrected chi connectivity index (χ2v) is 4.32. The molecule has 0 amide bonds. The lowest BCUT2D eigenvalue weighted by Gasteiger charge is -2.09. The summed E-state index contributed by atoms with van der Waals surface area (Å²) < 4.78 is 6.99. The van der Waals surface area contributed by atoms with E-state index in [9.17, 15) is 0 Å². The van der Waals surface area contributed by atoms with Crippen molar-refractivity contribution >= 4 is 5.95 Å². The van der Waals surface area contributed by atoms with E-state index in [1.165, 1.54) is 17.3 Å². The second kappa shape index (κ2) is 6.07. The van der Waals surface area contributed by atoms with Crippen molar-refractivity contribution < 1.29 is 4.74 Å². The summed E-state index contributed by atoms with van der Waals surface area (Å²) in [5.74, 6) is 1.23. The van der Waals surface area contributed by atoms with E-state index in [2.05, 4.69) is 44.2 Å². The summed E-state index contributed by atoms with van der Waals surface area (Å²) in [6.07, 6.45) is 2.95. The zero-order valence-electron chi connectivity index (χ0n) is 11.2. The molecule has 2 aromatic rings. The largest absolute Gasteiger partial charge is 0.463 e. The lowest BCUT2D eigenvalue weighted by atomic mass is 10.2. The van der Waals surface area contributed by atoms with Gasteiger partial charge in [-0.25, -0.2) is 4.98 Å². The first kappa shape index (κ1) is 13.2. The van der Waals surface area contributed by atoms with Crippen molar-refractivity contribution in [3.63, 3.8) is 0 Å². The average molecular weight is 263 g/mol. The van der Waals surface area contributed by atoms with Crippen LogP contribution in [0.5, 0.6) is 6.01 Å². The molecule has 0 saturated carbocycles. The highest BCUT2D eigenvalue weighted by Crippen LogP contribution is 2.11. The van der Waals surface area contributed by atoms with Gasteiger partial charge in [0, 0.05) is 6.54 Å². The van der Waals surface area contributed by atoms with Gasteiger partial charge >= 0.3 is 6.01 Å². The van der Waals surface area contributed by atoms with Crippen LogP contribution in [0.15, 0.2) is 12.7 Å². The van der Waals surface area contributed by atoms with Crippen molar-refractivity contribution in [1.29, 1.82) is 0 Å². The first-order valence-electron chi connectivity index (χ1n) is 6.16. The number of hydrogen-bond donors (Lipinski definition) is 1. The van der Waals surface area contributed by atoms with E-state index in [-0.39, 0.29) is 6.01 Å². The Morgan fingerprint density at radius 2 is 2.16 bits per heavy atom. The van der Waals surface area contributed by atoms with Crippen LogP contribution >= 0.6 is 0 Å². The Morgan fingerprint density at radius 3 is 2.79 bits per heavy atom. The van der Waals surface area contributed by atoms with Gasteiger partial charge in [-0.2, -0.15) is 24.7 Å². The van der Waals surface area contributed by atoms with E-state index in [1.54, 1.807) is 0 Å². The Hall–Kier alpha value is -2.25. The molecule has 0 aromatic carbocycles. The standard InChI is InChI=1S/C11H17N7O/c1-4-13-9-15-10(18-7-12-6-14-18)17-11(16-9)19-5-8(2)3/h6-8H,4-5H2,1-3H3,(H,13,15,16,17). The summed E-state index contributed by atoms with van der Waals surface area (Å²) >= 11 is 0. The normalized spacial score (nSPS) is 10.7. The molecule has 0 bridgehead atoms. The van der Waals surface area contributed by atoms with Gasteiger partial charge in [-0.15, -0.1) is 0 Å². The summed E-state index contributed by atoms with van der Waals surface area (Å²) in [7, 11) is 0. The van der Waals surface area contributed by atoms with Crippen LogP contribution < -0.4 is 10.1 Å². The van der Waals surface area contributed by atoms with E-state index in [4.69, 9.17) is 4.74 Å². The van der Waals surface area contributed by atoms with Gasteiger partial charge in [0.25, 0.3) is 5.95 Å². The molecule has 0 atom stereocenters. The summed E-state index contributed by atoms with van der Waals surface area (Å²) in [6.45, 7) is 7.35. The van der Waals surface area contributed by atoms with E-state index in [0.717, 1.165) is 0 Å². The van der Waals surface area contributed by atoms with Gasteiger partial charge in [-0.05, 0) is 12.8 Å². The number of nitrogens with zero attached hydrogens (tertiary/aromatic N) is 6. The Kier molecular flexibility index (Phi) is 4.22. The highest BCUT2D eigenvalue weighted by Gasteiger charge is 2.09. The van der Waals surface area contributed by atoms with Gasteiger partial charge < -0.3 is 10.1 Å². The number of aromatic nitrogens is 6. The number of ether oxygens (including phenoxy) is 1. The van der Waals surface area contributed by atoms with E-state index < -0.39 is 0 Å². The van der Waals surface area contributed by atoms with E-state index in [0.29, 0.717) is 31.0 Å². The molecule has 0 aliphatic heterocycles. The summed E-state index contributed by atoms with van der Waals surface area (Å²) in [4.78, 5) is 16.5. The van der Waals surface area contributed by atoms with Crippen LogP contribution in [0.3, 0.4) is 0 Å². The molecule has 2 rings (SSSR count). The molecule has 0 spiro atoms. The third-order valence-corrected chi connectivity index (χ3v) is 2.11. The molecule has 19 heavy (non-hydrogen) atoms. The predicted molar refractivity (Wildman–Crippen MR) is 69.2 cm³/mol. The number of rotatable bonds is 6. The summed E-state index contributed by atoms with van der Waals surface area (Å²) in [5, 5.41) is 7.03. The van der Waals surface area contributed by atoms with Gasteiger partial charge in [0.05, 0.1) is 6.61 Å². The lowest BCUT2D eigenvalue weighted by molar-refractivity contribution is 0.250. The number of anilines is 1. The van der Waals surface area contributed by atoms with Crippen molar-refractivity contribution in [3.05, 3.63) is 12.7 Å². The third-order valence-electron chi connectivity index (χ3n) is 2.11. The molecule has 1 N–H and O–H groups in total. The molecule has 0 unspecified atom stereocenters. The van der Waals surface area contributed by atoms with Gasteiger partial charge in [-0.1, -0.05) is 13.8 Å². The highest BCUT2D eigenvalue weighted by atomic mass is 16.5. The molecule has 0 fully saturated rings. The lowest BCUT2D eigenvalue weighted by Crippen LogP contribution is -2.13. The Morgan fingerprint density at radius 1 is 1.32 bits per heavy atom. The molecule has 0 saturated heterocycles. The minimum atomic E-state index is 0.283. The van der Waals surface area contributed by atoms with Crippen LogP contribution in [0.25, 0.3) is 5.95 Å². The fourth-order valence-electron chi connectivity index (χ4n) is 1.30. The monoisotopic (exact) mass is 263 g/mol. The number of nitrogens with one attached hydrogen (secondary N) is 1. The van der Waals surface area contributed by atoms with Crippen molar-refractivity contribution in [2.75, 3.05) is 18.5 Å². The fourth-order valence-corrected chi connectivity index (χ4v) is 1.30.